The molecule has 0 saturated heterocycles. The maximum Gasteiger partial charge on any atom is 0.0931 e. The van der Waals surface area contributed by atoms with Crippen LogP contribution < -0.4 is 0 Å². The van der Waals surface area contributed by atoms with Crippen LogP contribution in [0.15, 0.2) is 35.7 Å². The van der Waals surface area contributed by atoms with Crippen molar-refractivity contribution in [2.75, 3.05) is 6.61 Å². The smallest absolute Gasteiger partial charge is 0.0931 e. The highest BCUT2D eigenvalue weighted by molar-refractivity contribution is 7.09. The number of benzene rings is 1. The summed E-state index contributed by atoms with van der Waals surface area (Å²) in [5, 5.41) is 12.0. The lowest BCUT2D eigenvalue weighted by Crippen LogP contribution is -1.93. The normalized spacial score (nSPS) is 10.6. The minimum Gasteiger partial charge on any atom is -0.396 e. The molecule has 0 atom stereocenters. The highest BCUT2D eigenvalue weighted by Crippen LogP contribution is 2.13. The Kier molecular flexibility index (Phi) is 4.08. The van der Waals surface area contributed by atoms with Gasteiger partial charge in [-0.2, -0.15) is 0 Å². The van der Waals surface area contributed by atoms with E-state index in [2.05, 4.69) is 29.2 Å². The van der Waals surface area contributed by atoms with Crippen LogP contribution in [0.1, 0.15) is 16.3 Å². The van der Waals surface area contributed by atoms with Crippen LogP contribution >= 0.6 is 11.3 Å². The maximum atomic E-state index is 8.80. The van der Waals surface area contributed by atoms with Crippen molar-refractivity contribution >= 4 is 11.3 Å². The average Bonchev–Trinajstić information content (AvgIpc) is 2.76. The maximum absolute atomic E-state index is 8.80. The van der Waals surface area contributed by atoms with Crippen LogP contribution in [-0.4, -0.2) is 16.7 Å². The van der Waals surface area contributed by atoms with Gasteiger partial charge in [0.2, 0.25) is 0 Å². The van der Waals surface area contributed by atoms with Gasteiger partial charge in [-0.3, -0.25) is 0 Å². The van der Waals surface area contributed by atoms with Crippen LogP contribution in [0, 0.1) is 0 Å². The van der Waals surface area contributed by atoms with Gasteiger partial charge in [0.25, 0.3) is 0 Å². The number of thiazole rings is 1. The van der Waals surface area contributed by atoms with E-state index in [1.807, 2.05) is 11.4 Å². The minimum absolute atomic E-state index is 0.182. The third kappa shape index (κ3) is 3.15. The van der Waals surface area contributed by atoms with Crippen LogP contribution in [0.5, 0.6) is 0 Å². The summed E-state index contributed by atoms with van der Waals surface area (Å²) in [5.74, 6) is 0. The van der Waals surface area contributed by atoms with Crippen molar-refractivity contribution < 1.29 is 5.11 Å². The Hall–Kier alpha value is -1.19. The second kappa shape index (κ2) is 5.77. The predicted molar refractivity (Wildman–Crippen MR) is 66.8 cm³/mol. The molecule has 2 rings (SSSR count). The molecule has 0 radical (unpaired) electrons. The minimum atomic E-state index is 0.182. The van der Waals surface area contributed by atoms with Gasteiger partial charge in [0.1, 0.15) is 0 Å². The quantitative estimate of drug-likeness (QED) is 0.860. The molecular formula is C13H15NOS. The molecule has 0 unspecified atom stereocenters. The molecule has 0 spiro atoms. The van der Waals surface area contributed by atoms with Crippen molar-refractivity contribution in [1.29, 1.82) is 0 Å². The second-order valence-corrected chi connectivity index (χ2v) is 4.63. The molecule has 2 aromatic rings. The van der Waals surface area contributed by atoms with Gasteiger partial charge in [-0.15, -0.1) is 11.3 Å². The van der Waals surface area contributed by atoms with E-state index in [0.29, 0.717) is 6.42 Å². The lowest BCUT2D eigenvalue weighted by Gasteiger charge is -1.97. The summed E-state index contributed by atoms with van der Waals surface area (Å²) in [7, 11) is 0. The Labute approximate surface area is 99.6 Å². The zero-order valence-electron chi connectivity index (χ0n) is 9.10. The van der Waals surface area contributed by atoms with Gasteiger partial charge in [0.05, 0.1) is 10.7 Å². The van der Waals surface area contributed by atoms with Gasteiger partial charge in [0.15, 0.2) is 0 Å². The summed E-state index contributed by atoms with van der Waals surface area (Å²) in [6, 6.07) is 10.4. The second-order valence-electron chi connectivity index (χ2n) is 3.69. The van der Waals surface area contributed by atoms with E-state index in [1.54, 1.807) is 11.3 Å². The van der Waals surface area contributed by atoms with Gasteiger partial charge < -0.3 is 5.11 Å². The average molecular weight is 233 g/mol. The number of rotatable bonds is 5. The first kappa shape index (κ1) is 11.3. The fourth-order valence-corrected chi connectivity index (χ4v) is 2.42. The fraction of sp³-hybridized carbons (Fsp3) is 0.308. The van der Waals surface area contributed by atoms with E-state index in [1.165, 1.54) is 5.56 Å². The van der Waals surface area contributed by atoms with Crippen molar-refractivity contribution in [1.82, 2.24) is 4.98 Å². The molecule has 0 amide bonds. The molecule has 3 heteroatoms. The number of aliphatic hydroxyl groups is 1. The van der Waals surface area contributed by atoms with Gasteiger partial charge in [-0.1, -0.05) is 30.3 Å². The van der Waals surface area contributed by atoms with E-state index in [0.717, 1.165) is 23.5 Å². The molecule has 0 bridgehead atoms. The third-order valence-corrected chi connectivity index (χ3v) is 3.40. The Balaban J connectivity index is 1.89. The number of nitrogens with zero attached hydrogens (tertiary/aromatic N) is 1. The molecule has 0 saturated carbocycles. The SMILES string of the molecule is OCCc1csc(CCc2ccccc2)n1. The fourth-order valence-electron chi connectivity index (χ4n) is 1.59. The summed E-state index contributed by atoms with van der Waals surface area (Å²) in [5.41, 5.74) is 2.36. The number of hydrogen-bond acceptors (Lipinski definition) is 3. The Morgan fingerprint density at radius 2 is 1.88 bits per heavy atom. The first-order valence-corrected chi connectivity index (χ1v) is 6.34. The first-order chi connectivity index (χ1) is 7.88. The van der Waals surface area contributed by atoms with Crippen molar-refractivity contribution in [2.45, 2.75) is 19.3 Å². The van der Waals surface area contributed by atoms with Crippen LogP contribution in [0.25, 0.3) is 0 Å². The predicted octanol–water partition coefficient (Wildman–Crippen LogP) is 2.46. The topological polar surface area (TPSA) is 33.1 Å². The summed E-state index contributed by atoms with van der Waals surface area (Å²) in [6.07, 6.45) is 2.69. The summed E-state index contributed by atoms with van der Waals surface area (Å²) in [6.45, 7) is 0.182. The van der Waals surface area contributed by atoms with Gasteiger partial charge in [0, 0.05) is 24.8 Å². The molecule has 84 valence electrons. The number of hydrogen-bond donors (Lipinski definition) is 1. The van der Waals surface area contributed by atoms with Crippen LogP contribution in [0.4, 0.5) is 0 Å². The molecular weight excluding hydrogens is 218 g/mol. The lowest BCUT2D eigenvalue weighted by molar-refractivity contribution is 0.298. The van der Waals surface area contributed by atoms with Crippen LogP contribution in [-0.2, 0) is 19.3 Å². The summed E-state index contributed by atoms with van der Waals surface area (Å²) >= 11 is 1.69. The molecule has 1 aromatic carbocycles. The molecule has 0 aliphatic carbocycles. The molecule has 0 aliphatic rings. The number of aromatic nitrogens is 1. The largest absolute Gasteiger partial charge is 0.396 e. The van der Waals surface area contributed by atoms with Crippen molar-refractivity contribution in [3.63, 3.8) is 0 Å². The van der Waals surface area contributed by atoms with E-state index in [9.17, 15) is 0 Å². The Morgan fingerprint density at radius 3 is 2.62 bits per heavy atom. The highest BCUT2D eigenvalue weighted by Gasteiger charge is 2.01. The zero-order chi connectivity index (χ0) is 11.2. The van der Waals surface area contributed by atoms with Crippen molar-refractivity contribution in [2.24, 2.45) is 0 Å². The number of aliphatic hydroxyl groups excluding tert-OH is 1. The number of aryl methyl sites for hydroxylation is 2. The van der Waals surface area contributed by atoms with Gasteiger partial charge in [-0.25, -0.2) is 4.98 Å². The molecule has 1 N–H and O–H groups in total. The van der Waals surface area contributed by atoms with Gasteiger partial charge >= 0.3 is 0 Å². The van der Waals surface area contributed by atoms with Crippen LogP contribution in [0.2, 0.25) is 0 Å². The molecule has 2 nitrogen and oxygen atoms in total. The van der Waals surface area contributed by atoms with Gasteiger partial charge in [-0.05, 0) is 12.0 Å². The standard InChI is InChI=1S/C13H15NOS/c15-9-8-12-10-16-13(14-12)7-6-11-4-2-1-3-5-11/h1-5,10,15H,6-9H2. The molecule has 0 fully saturated rings. The third-order valence-electron chi connectivity index (χ3n) is 2.44. The van der Waals surface area contributed by atoms with E-state index in [-0.39, 0.29) is 6.61 Å². The monoisotopic (exact) mass is 233 g/mol. The van der Waals surface area contributed by atoms with E-state index in [4.69, 9.17) is 5.11 Å². The van der Waals surface area contributed by atoms with Crippen molar-refractivity contribution in [3.05, 3.63) is 52.0 Å². The summed E-state index contributed by atoms with van der Waals surface area (Å²) < 4.78 is 0. The Bertz CT molecular complexity index is 425. The first-order valence-electron chi connectivity index (χ1n) is 5.46. The van der Waals surface area contributed by atoms with Crippen molar-refractivity contribution in [3.8, 4) is 0 Å². The summed E-state index contributed by atoms with van der Waals surface area (Å²) in [4.78, 5) is 4.47. The zero-order valence-corrected chi connectivity index (χ0v) is 9.91. The Morgan fingerprint density at radius 1 is 1.06 bits per heavy atom. The molecule has 1 aromatic heterocycles. The van der Waals surface area contributed by atoms with E-state index >= 15 is 0 Å². The van der Waals surface area contributed by atoms with E-state index < -0.39 is 0 Å². The molecule has 16 heavy (non-hydrogen) atoms. The lowest BCUT2D eigenvalue weighted by atomic mass is 10.1. The highest BCUT2D eigenvalue weighted by atomic mass is 32.1. The molecule has 0 aliphatic heterocycles. The molecule has 1 heterocycles. The van der Waals surface area contributed by atoms with Crippen LogP contribution in [0.3, 0.4) is 0 Å².